The standard InChI is InChI=1S/Cl2H3Si2/c1-4(2)3/h3H3. The van der Waals surface area contributed by atoms with Crippen LogP contribution in [0.1, 0.15) is 0 Å². The summed E-state index contributed by atoms with van der Waals surface area (Å²) in [5.41, 5.74) is 0. The smallest absolute Gasteiger partial charge is 0.152 e. The van der Waals surface area contributed by atoms with Gasteiger partial charge in [0.05, 0.1) is 0 Å². The minimum atomic E-state index is -0.796. The monoisotopic (exact) mass is 129 g/mol. The lowest BCUT2D eigenvalue weighted by atomic mass is 27.0. The molecule has 0 saturated heterocycles. The molecule has 0 spiro atoms. The zero-order chi connectivity index (χ0) is 3.58. The lowest BCUT2D eigenvalue weighted by Crippen LogP contribution is -1.85. The summed E-state index contributed by atoms with van der Waals surface area (Å²) in [6.45, 7) is -0.796. The summed E-state index contributed by atoms with van der Waals surface area (Å²) in [5.74, 6) is 0. The Balaban J connectivity index is 2.32. The Labute approximate surface area is 39.3 Å². The van der Waals surface area contributed by atoms with Crippen LogP contribution < -0.4 is 0 Å². The largest absolute Gasteiger partial charge is 0.247 e. The van der Waals surface area contributed by atoms with Crippen molar-refractivity contribution in [2.24, 2.45) is 0 Å². The van der Waals surface area contributed by atoms with E-state index in [-0.39, 0.29) is 0 Å². The van der Waals surface area contributed by atoms with Crippen LogP contribution in [0.2, 0.25) is 0 Å². The van der Waals surface area contributed by atoms with Crippen molar-refractivity contribution in [2.75, 3.05) is 0 Å². The molecule has 0 aromatic heterocycles. The summed E-state index contributed by atoms with van der Waals surface area (Å²) in [7, 11) is 0.981. The van der Waals surface area contributed by atoms with Crippen molar-refractivity contribution >= 4 is 38.9 Å². The van der Waals surface area contributed by atoms with Gasteiger partial charge in [0.2, 0.25) is 6.93 Å². The normalized spacial score (nSPS) is 9.75. The predicted octanol–water partition coefficient (Wildman–Crippen LogP) is -0.186. The molecule has 1 radical (unpaired) electrons. The fourth-order valence-corrected chi connectivity index (χ4v) is 0. The first-order chi connectivity index (χ1) is 1.73. The molecule has 0 bridgehead atoms. The van der Waals surface area contributed by atoms with Crippen LogP contribution in [-0.2, 0) is 0 Å². The van der Waals surface area contributed by atoms with E-state index < -0.39 is 6.93 Å². The first-order valence-electron chi connectivity index (χ1n) is 0.878. The van der Waals surface area contributed by atoms with Gasteiger partial charge in [-0.05, 0) is 0 Å². The molecule has 4 heteroatoms. The Hall–Kier alpha value is 1.01. The van der Waals surface area contributed by atoms with Crippen LogP contribution in [-0.4, -0.2) is 16.7 Å². The van der Waals surface area contributed by atoms with Crippen molar-refractivity contribution in [1.29, 1.82) is 0 Å². The average Bonchev–Trinajstić information content (AvgIpc) is 0.811. The summed E-state index contributed by atoms with van der Waals surface area (Å²) in [6.07, 6.45) is 0. The molecule has 25 valence electrons. The molecule has 0 atom stereocenters. The second-order valence-electron chi connectivity index (χ2n) is 0.449. The molecule has 0 unspecified atom stereocenters. The average molecular weight is 130 g/mol. The molecular formula is H3Cl2Si2. The van der Waals surface area contributed by atoms with Crippen molar-refractivity contribution in [1.82, 2.24) is 0 Å². The fraction of sp³-hybridized carbons (Fsp3) is 0. The first kappa shape index (κ1) is 5.01. The van der Waals surface area contributed by atoms with E-state index in [4.69, 9.17) is 22.2 Å². The van der Waals surface area contributed by atoms with E-state index in [1.165, 1.54) is 0 Å². The second kappa shape index (κ2) is 2.26. The van der Waals surface area contributed by atoms with E-state index >= 15 is 0 Å². The topological polar surface area (TPSA) is 0 Å². The van der Waals surface area contributed by atoms with Crippen molar-refractivity contribution < 1.29 is 0 Å². The van der Waals surface area contributed by atoms with Crippen LogP contribution in [0.25, 0.3) is 0 Å². The zero-order valence-electron chi connectivity index (χ0n) is 2.26. The molecule has 0 nitrogen and oxygen atoms in total. The van der Waals surface area contributed by atoms with Crippen LogP contribution >= 0.6 is 22.2 Å². The number of rotatable bonds is 0. The van der Waals surface area contributed by atoms with Crippen molar-refractivity contribution in [3.8, 4) is 0 Å². The number of halogens is 2. The predicted molar refractivity (Wildman–Crippen MR) is 27.4 cm³/mol. The van der Waals surface area contributed by atoms with Gasteiger partial charge >= 0.3 is 0 Å². The van der Waals surface area contributed by atoms with Crippen LogP contribution in [0, 0.1) is 0 Å². The van der Waals surface area contributed by atoms with Gasteiger partial charge in [-0.2, -0.15) is 22.2 Å². The van der Waals surface area contributed by atoms with Gasteiger partial charge in [0.15, 0.2) is 0 Å². The molecule has 0 aromatic carbocycles. The van der Waals surface area contributed by atoms with Gasteiger partial charge in [0.1, 0.15) is 0 Å². The third kappa shape index (κ3) is 11.9. The Morgan fingerprint density at radius 3 is 1.50 bits per heavy atom. The lowest BCUT2D eigenvalue weighted by molar-refractivity contribution is 4.05. The van der Waals surface area contributed by atoms with Crippen LogP contribution in [0.15, 0.2) is 0 Å². The van der Waals surface area contributed by atoms with E-state index in [0.717, 1.165) is 9.76 Å². The van der Waals surface area contributed by atoms with E-state index in [1.807, 2.05) is 0 Å². The molecule has 4 heavy (non-hydrogen) atoms. The van der Waals surface area contributed by atoms with Gasteiger partial charge in [-0.1, -0.05) is 0 Å². The highest BCUT2D eigenvalue weighted by Crippen LogP contribution is 1.83. The summed E-state index contributed by atoms with van der Waals surface area (Å²) in [6, 6.07) is 0. The molecule has 0 N–H and O–H groups in total. The minimum Gasteiger partial charge on any atom is -0.152 e. The third-order valence-corrected chi connectivity index (χ3v) is 0. The van der Waals surface area contributed by atoms with Gasteiger partial charge in [0, 0.05) is 9.76 Å². The Morgan fingerprint density at radius 2 is 1.50 bits per heavy atom. The van der Waals surface area contributed by atoms with Crippen LogP contribution in [0.5, 0.6) is 0 Å². The highest BCUT2D eigenvalue weighted by Gasteiger charge is 1.82. The van der Waals surface area contributed by atoms with Gasteiger partial charge in [-0.15, -0.1) is 0 Å². The first-order valence-corrected chi connectivity index (χ1v) is 7.90. The summed E-state index contributed by atoms with van der Waals surface area (Å²) < 4.78 is 0. The summed E-state index contributed by atoms with van der Waals surface area (Å²) in [5, 5.41) is 0. The minimum absolute atomic E-state index is 0.796. The molecule has 0 rings (SSSR count). The number of hydrogen-bond acceptors (Lipinski definition) is 0. The lowest BCUT2D eigenvalue weighted by Gasteiger charge is -1.66. The SMILES string of the molecule is [SiH3][Si](Cl)Cl. The van der Waals surface area contributed by atoms with Crippen LogP contribution in [0.3, 0.4) is 0 Å². The van der Waals surface area contributed by atoms with Crippen molar-refractivity contribution in [3.05, 3.63) is 0 Å². The molecule has 0 saturated carbocycles. The highest BCUT2D eigenvalue weighted by molar-refractivity contribution is 7.52. The van der Waals surface area contributed by atoms with E-state index in [0.29, 0.717) is 0 Å². The van der Waals surface area contributed by atoms with Crippen molar-refractivity contribution in [2.45, 2.75) is 0 Å². The molecule has 0 aliphatic heterocycles. The quantitative estimate of drug-likeness (QED) is 0.315. The zero-order valence-corrected chi connectivity index (χ0v) is 6.77. The molecule has 0 aliphatic carbocycles. The van der Waals surface area contributed by atoms with Gasteiger partial charge < -0.3 is 0 Å². The second-order valence-corrected chi connectivity index (χ2v) is 12.1. The molecule has 0 heterocycles. The summed E-state index contributed by atoms with van der Waals surface area (Å²) in [4.78, 5) is 0. The van der Waals surface area contributed by atoms with E-state index in [2.05, 4.69) is 0 Å². The Kier molecular flexibility index (Phi) is 2.84. The van der Waals surface area contributed by atoms with E-state index in [1.54, 1.807) is 0 Å². The van der Waals surface area contributed by atoms with Crippen molar-refractivity contribution in [3.63, 3.8) is 0 Å². The Bertz CT molecular complexity index is 8.75. The van der Waals surface area contributed by atoms with Gasteiger partial charge in [-0.3, -0.25) is 0 Å². The third-order valence-electron chi connectivity index (χ3n) is 0. The highest BCUT2D eigenvalue weighted by atomic mass is 35.7. The van der Waals surface area contributed by atoms with Crippen LogP contribution in [0.4, 0.5) is 0 Å². The van der Waals surface area contributed by atoms with Gasteiger partial charge in [0.25, 0.3) is 0 Å². The molecule has 0 amide bonds. The summed E-state index contributed by atoms with van der Waals surface area (Å²) >= 11 is 10.4. The molecule has 0 fully saturated rings. The fourth-order valence-electron chi connectivity index (χ4n) is 0. The van der Waals surface area contributed by atoms with Gasteiger partial charge in [-0.25, -0.2) is 0 Å². The Morgan fingerprint density at radius 1 is 1.50 bits per heavy atom. The molecular weight excluding hydrogens is 127 g/mol. The van der Waals surface area contributed by atoms with E-state index in [9.17, 15) is 0 Å². The molecule has 0 aliphatic rings. The maximum Gasteiger partial charge on any atom is 0.247 e. The molecule has 0 aromatic rings. The number of hydrogen-bond donors (Lipinski definition) is 0. The maximum atomic E-state index is 5.20. The maximum absolute atomic E-state index is 5.20.